The van der Waals surface area contributed by atoms with Gasteiger partial charge in [-0.05, 0) is 59.9 Å². The van der Waals surface area contributed by atoms with E-state index in [0.29, 0.717) is 12.0 Å². The van der Waals surface area contributed by atoms with Crippen molar-refractivity contribution in [3.63, 3.8) is 0 Å². The molecular formula is C13H25NO. The zero-order valence-electron chi connectivity index (χ0n) is 10.8. The predicted molar refractivity (Wildman–Crippen MR) is 62.9 cm³/mol. The van der Waals surface area contributed by atoms with Crippen molar-refractivity contribution >= 4 is 0 Å². The first-order valence-electron chi connectivity index (χ1n) is 6.23. The van der Waals surface area contributed by atoms with Gasteiger partial charge in [-0.1, -0.05) is 0 Å². The Morgan fingerprint density at radius 2 is 1.80 bits per heavy atom. The summed E-state index contributed by atoms with van der Waals surface area (Å²) in [5, 5.41) is 3.52. The van der Waals surface area contributed by atoms with Gasteiger partial charge in [-0.15, -0.1) is 0 Å². The lowest BCUT2D eigenvalue weighted by atomic mass is 9.80. The molecule has 2 nitrogen and oxygen atoms in total. The van der Waals surface area contributed by atoms with E-state index in [1.54, 1.807) is 0 Å². The maximum absolute atomic E-state index is 6.17. The van der Waals surface area contributed by atoms with Crippen LogP contribution in [0.2, 0.25) is 0 Å². The number of nitrogens with one attached hydrogen (secondary N) is 1. The van der Waals surface area contributed by atoms with Crippen molar-refractivity contribution in [2.24, 2.45) is 11.8 Å². The Labute approximate surface area is 93.8 Å². The normalized spacial score (nSPS) is 35.4. The van der Waals surface area contributed by atoms with Gasteiger partial charge >= 0.3 is 0 Å². The van der Waals surface area contributed by atoms with Crippen molar-refractivity contribution in [2.75, 3.05) is 7.05 Å². The van der Waals surface area contributed by atoms with Crippen LogP contribution in [0, 0.1) is 11.8 Å². The van der Waals surface area contributed by atoms with E-state index < -0.39 is 0 Å². The molecule has 1 aliphatic heterocycles. The third-order valence-electron chi connectivity index (χ3n) is 4.04. The average Bonchev–Trinajstić information content (AvgIpc) is 2.81. The maximum atomic E-state index is 6.17. The van der Waals surface area contributed by atoms with Gasteiger partial charge in [0.15, 0.2) is 0 Å². The average molecular weight is 211 g/mol. The molecule has 2 unspecified atom stereocenters. The summed E-state index contributed by atoms with van der Waals surface area (Å²) >= 11 is 0. The Kier molecular flexibility index (Phi) is 2.63. The van der Waals surface area contributed by atoms with Crippen molar-refractivity contribution < 1.29 is 4.74 Å². The highest BCUT2D eigenvalue weighted by molar-refractivity contribution is 5.03. The van der Waals surface area contributed by atoms with Crippen LogP contribution in [0.1, 0.15) is 47.0 Å². The monoisotopic (exact) mass is 211 g/mol. The lowest BCUT2D eigenvalue weighted by molar-refractivity contribution is -0.0781. The Bertz CT molecular complexity index is 243. The van der Waals surface area contributed by atoms with Gasteiger partial charge in [0.2, 0.25) is 0 Å². The van der Waals surface area contributed by atoms with Gasteiger partial charge in [0.1, 0.15) is 0 Å². The molecule has 2 rings (SSSR count). The molecule has 0 spiro atoms. The minimum atomic E-state index is 0.0275. The molecule has 2 fully saturated rings. The van der Waals surface area contributed by atoms with Crippen LogP contribution in [0.4, 0.5) is 0 Å². The van der Waals surface area contributed by atoms with Gasteiger partial charge in [-0.2, -0.15) is 0 Å². The summed E-state index contributed by atoms with van der Waals surface area (Å²) in [7, 11) is 2.10. The first-order chi connectivity index (χ1) is 6.86. The van der Waals surface area contributed by atoms with E-state index in [4.69, 9.17) is 4.74 Å². The standard InChI is InChI=1S/C13H25NO/c1-12(2)8-10(13(3,4)15-12)11(14-5)9-6-7-9/h9-11,14H,6-8H2,1-5H3. The lowest BCUT2D eigenvalue weighted by Crippen LogP contribution is -2.44. The summed E-state index contributed by atoms with van der Waals surface area (Å²) in [5.41, 5.74) is 0.0813. The van der Waals surface area contributed by atoms with Gasteiger partial charge in [0.25, 0.3) is 0 Å². The summed E-state index contributed by atoms with van der Waals surface area (Å²) in [6, 6.07) is 0.654. The summed E-state index contributed by atoms with van der Waals surface area (Å²) < 4.78 is 6.17. The van der Waals surface area contributed by atoms with Crippen molar-refractivity contribution in [1.29, 1.82) is 0 Å². The quantitative estimate of drug-likeness (QED) is 0.774. The van der Waals surface area contributed by atoms with E-state index in [9.17, 15) is 0 Å². The second-order valence-electron chi connectivity index (χ2n) is 6.43. The number of ether oxygens (including phenoxy) is 1. The largest absolute Gasteiger partial charge is 0.369 e. The molecule has 1 saturated carbocycles. The minimum absolute atomic E-state index is 0.0275. The van der Waals surface area contributed by atoms with Crippen molar-refractivity contribution in [3.05, 3.63) is 0 Å². The van der Waals surface area contributed by atoms with Gasteiger partial charge in [0.05, 0.1) is 11.2 Å². The maximum Gasteiger partial charge on any atom is 0.0677 e. The Hall–Kier alpha value is -0.0800. The van der Waals surface area contributed by atoms with E-state index in [0.717, 1.165) is 5.92 Å². The fraction of sp³-hybridized carbons (Fsp3) is 1.00. The first-order valence-corrected chi connectivity index (χ1v) is 6.23. The van der Waals surface area contributed by atoms with E-state index in [1.165, 1.54) is 19.3 Å². The molecule has 88 valence electrons. The molecule has 1 aliphatic carbocycles. The van der Waals surface area contributed by atoms with Crippen LogP contribution in [-0.4, -0.2) is 24.3 Å². The van der Waals surface area contributed by atoms with Crippen molar-refractivity contribution in [3.8, 4) is 0 Å². The van der Waals surface area contributed by atoms with E-state index in [2.05, 4.69) is 40.1 Å². The third kappa shape index (κ3) is 2.21. The molecule has 2 atom stereocenters. The van der Waals surface area contributed by atoms with Gasteiger partial charge in [0, 0.05) is 12.0 Å². The summed E-state index contributed by atoms with van der Waals surface area (Å²) in [6.07, 6.45) is 3.99. The van der Waals surface area contributed by atoms with Crippen LogP contribution >= 0.6 is 0 Å². The molecule has 0 aromatic heterocycles. The van der Waals surface area contributed by atoms with Crippen LogP contribution < -0.4 is 5.32 Å². The van der Waals surface area contributed by atoms with E-state index in [-0.39, 0.29) is 11.2 Å². The highest BCUT2D eigenvalue weighted by Gasteiger charge is 2.51. The molecule has 1 N–H and O–H groups in total. The molecule has 2 aliphatic rings. The highest BCUT2D eigenvalue weighted by atomic mass is 16.5. The van der Waals surface area contributed by atoms with Gasteiger partial charge in [-0.25, -0.2) is 0 Å². The predicted octanol–water partition coefficient (Wildman–Crippen LogP) is 2.58. The molecule has 15 heavy (non-hydrogen) atoms. The first kappa shape index (κ1) is 11.4. The SMILES string of the molecule is CNC(C1CC1)C1CC(C)(C)OC1(C)C. The Balaban J connectivity index is 2.13. The summed E-state index contributed by atoms with van der Waals surface area (Å²) in [5.74, 6) is 1.56. The van der Waals surface area contributed by atoms with Gasteiger partial charge < -0.3 is 10.1 Å². The number of hydrogen-bond acceptors (Lipinski definition) is 2. The molecule has 0 aromatic carbocycles. The van der Waals surface area contributed by atoms with E-state index in [1.807, 2.05) is 0 Å². The lowest BCUT2D eigenvalue weighted by Gasteiger charge is -2.33. The van der Waals surface area contributed by atoms with Crippen molar-refractivity contribution in [1.82, 2.24) is 5.32 Å². The Morgan fingerprint density at radius 1 is 1.20 bits per heavy atom. The van der Waals surface area contributed by atoms with Crippen molar-refractivity contribution in [2.45, 2.75) is 64.2 Å². The topological polar surface area (TPSA) is 21.3 Å². The number of rotatable bonds is 3. The zero-order valence-corrected chi connectivity index (χ0v) is 10.8. The molecule has 0 aromatic rings. The third-order valence-corrected chi connectivity index (χ3v) is 4.04. The van der Waals surface area contributed by atoms with Crippen LogP contribution in [0.5, 0.6) is 0 Å². The summed E-state index contributed by atoms with van der Waals surface area (Å²) in [4.78, 5) is 0. The summed E-state index contributed by atoms with van der Waals surface area (Å²) in [6.45, 7) is 8.93. The molecule has 0 radical (unpaired) electrons. The van der Waals surface area contributed by atoms with E-state index >= 15 is 0 Å². The second kappa shape index (κ2) is 3.46. The minimum Gasteiger partial charge on any atom is -0.369 e. The fourth-order valence-electron chi connectivity index (χ4n) is 3.39. The van der Waals surface area contributed by atoms with Crippen LogP contribution in [0.25, 0.3) is 0 Å². The molecule has 2 heteroatoms. The molecule has 0 amide bonds. The molecule has 1 saturated heterocycles. The van der Waals surface area contributed by atoms with Crippen LogP contribution in [-0.2, 0) is 4.74 Å². The number of hydrogen-bond donors (Lipinski definition) is 1. The van der Waals surface area contributed by atoms with Crippen LogP contribution in [0.3, 0.4) is 0 Å². The smallest absolute Gasteiger partial charge is 0.0677 e. The zero-order chi connectivity index (χ0) is 11.3. The van der Waals surface area contributed by atoms with Gasteiger partial charge in [-0.3, -0.25) is 0 Å². The Morgan fingerprint density at radius 3 is 2.13 bits per heavy atom. The second-order valence-corrected chi connectivity index (χ2v) is 6.43. The molecular weight excluding hydrogens is 186 g/mol. The fourth-order valence-corrected chi connectivity index (χ4v) is 3.39. The van der Waals surface area contributed by atoms with Crippen LogP contribution in [0.15, 0.2) is 0 Å². The molecule has 1 heterocycles. The molecule has 0 bridgehead atoms. The highest BCUT2D eigenvalue weighted by Crippen LogP contribution is 2.48.